The molecular formula is C17H24ClN. The van der Waals surface area contributed by atoms with Crippen LogP contribution in [0, 0.1) is 17.8 Å². The lowest BCUT2D eigenvalue weighted by Gasteiger charge is -2.27. The van der Waals surface area contributed by atoms with Crippen LogP contribution in [0.4, 0.5) is 0 Å². The van der Waals surface area contributed by atoms with Gasteiger partial charge in [-0.25, -0.2) is 0 Å². The molecule has 4 unspecified atom stereocenters. The molecule has 2 bridgehead atoms. The van der Waals surface area contributed by atoms with Crippen molar-refractivity contribution in [2.45, 2.75) is 38.0 Å². The number of benzene rings is 1. The molecule has 0 aliphatic heterocycles. The standard InChI is InChI=1S/C17H24ClN/c1-19-11-16(13-4-6-17(18)7-5-13)10-15-9-12-2-3-14(15)8-12/h4-7,12,14-16,19H,2-3,8-11H2,1H3. The van der Waals surface area contributed by atoms with Gasteiger partial charge in [0.2, 0.25) is 0 Å². The molecule has 4 atom stereocenters. The summed E-state index contributed by atoms with van der Waals surface area (Å²) in [5.74, 6) is 3.69. The van der Waals surface area contributed by atoms with Gasteiger partial charge in [0.15, 0.2) is 0 Å². The summed E-state index contributed by atoms with van der Waals surface area (Å²) in [5, 5.41) is 4.21. The molecule has 0 radical (unpaired) electrons. The van der Waals surface area contributed by atoms with E-state index in [0.717, 1.165) is 29.3 Å². The smallest absolute Gasteiger partial charge is 0.0406 e. The second-order valence-corrected chi connectivity index (χ2v) is 6.91. The number of likely N-dealkylation sites (N-methyl/N-ethyl adjacent to an activating group) is 1. The van der Waals surface area contributed by atoms with Crippen LogP contribution in [0.25, 0.3) is 0 Å². The highest BCUT2D eigenvalue weighted by Crippen LogP contribution is 2.51. The molecule has 2 aliphatic carbocycles. The highest BCUT2D eigenvalue weighted by Gasteiger charge is 2.40. The summed E-state index contributed by atoms with van der Waals surface area (Å²) < 4.78 is 0. The van der Waals surface area contributed by atoms with Crippen LogP contribution >= 0.6 is 11.6 Å². The Labute approximate surface area is 121 Å². The van der Waals surface area contributed by atoms with Crippen molar-refractivity contribution in [1.29, 1.82) is 0 Å². The Morgan fingerprint density at radius 1 is 1.21 bits per heavy atom. The van der Waals surface area contributed by atoms with Crippen molar-refractivity contribution in [2.24, 2.45) is 17.8 Å². The molecule has 2 saturated carbocycles. The fraction of sp³-hybridized carbons (Fsp3) is 0.647. The Kier molecular flexibility index (Phi) is 4.14. The molecule has 0 spiro atoms. The van der Waals surface area contributed by atoms with Crippen LogP contribution in [0.2, 0.25) is 5.02 Å². The van der Waals surface area contributed by atoms with Crippen LogP contribution in [0.3, 0.4) is 0 Å². The zero-order valence-electron chi connectivity index (χ0n) is 11.7. The normalized spacial score (nSPS) is 30.7. The van der Waals surface area contributed by atoms with Crippen molar-refractivity contribution in [3.05, 3.63) is 34.9 Å². The van der Waals surface area contributed by atoms with Gasteiger partial charge < -0.3 is 5.32 Å². The summed E-state index contributed by atoms with van der Waals surface area (Å²) in [4.78, 5) is 0. The van der Waals surface area contributed by atoms with E-state index in [9.17, 15) is 0 Å². The molecule has 0 aromatic heterocycles. The summed E-state index contributed by atoms with van der Waals surface area (Å²) in [6.07, 6.45) is 7.33. The van der Waals surface area contributed by atoms with E-state index in [-0.39, 0.29) is 0 Å². The van der Waals surface area contributed by atoms with Crippen molar-refractivity contribution >= 4 is 11.6 Å². The Hall–Kier alpha value is -0.530. The lowest BCUT2D eigenvalue weighted by molar-refractivity contribution is 0.292. The van der Waals surface area contributed by atoms with Crippen molar-refractivity contribution < 1.29 is 0 Å². The number of rotatable bonds is 5. The Bertz CT molecular complexity index is 414. The number of halogens is 1. The second kappa shape index (κ2) is 5.85. The molecule has 0 heterocycles. The maximum absolute atomic E-state index is 6.00. The van der Waals surface area contributed by atoms with E-state index in [1.54, 1.807) is 0 Å². The van der Waals surface area contributed by atoms with Crippen LogP contribution in [0.5, 0.6) is 0 Å². The summed E-state index contributed by atoms with van der Waals surface area (Å²) in [6, 6.07) is 8.47. The topological polar surface area (TPSA) is 12.0 Å². The third kappa shape index (κ3) is 2.98. The maximum atomic E-state index is 6.00. The second-order valence-electron chi connectivity index (χ2n) is 6.48. The molecule has 1 nitrogen and oxygen atoms in total. The lowest BCUT2D eigenvalue weighted by Crippen LogP contribution is -2.22. The van der Waals surface area contributed by atoms with Crippen molar-refractivity contribution in [3.63, 3.8) is 0 Å². The summed E-state index contributed by atoms with van der Waals surface area (Å²) in [5.41, 5.74) is 1.45. The van der Waals surface area contributed by atoms with E-state index in [4.69, 9.17) is 11.6 Å². The van der Waals surface area contributed by atoms with Gasteiger partial charge in [0.1, 0.15) is 0 Å². The number of nitrogens with one attached hydrogen (secondary N) is 1. The van der Waals surface area contributed by atoms with Crippen LogP contribution in [0.15, 0.2) is 24.3 Å². The summed E-state index contributed by atoms with van der Waals surface area (Å²) in [7, 11) is 2.06. The SMILES string of the molecule is CNCC(CC1CC2CCC1C2)c1ccc(Cl)cc1. The average molecular weight is 278 g/mol. The van der Waals surface area contributed by atoms with Gasteiger partial charge in [-0.1, -0.05) is 30.2 Å². The Morgan fingerprint density at radius 3 is 2.58 bits per heavy atom. The molecule has 19 heavy (non-hydrogen) atoms. The molecule has 2 aliphatic rings. The van der Waals surface area contributed by atoms with Crippen LogP contribution < -0.4 is 5.32 Å². The minimum absolute atomic E-state index is 0.645. The van der Waals surface area contributed by atoms with E-state index in [1.165, 1.54) is 37.7 Å². The molecule has 3 rings (SSSR count). The van der Waals surface area contributed by atoms with Gasteiger partial charge in [-0.15, -0.1) is 0 Å². The minimum Gasteiger partial charge on any atom is -0.319 e. The van der Waals surface area contributed by atoms with Crippen molar-refractivity contribution in [2.75, 3.05) is 13.6 Å². The highest BCUT2D eigenvalue weighted by molar-refractivity contribution is 6.30. The van der Waals surface area contributed by atoms with Crippen molar-refractivity contribution in [1.82, 2.24) is 5.32 Å². The quantitative estimate of drug-likeness (QED) is 0.837. The maximum Gasteiger partial charge on any atom is 0.0406 e. The first-order chi connectivity index (χ1) is 9.26. The van der Waals surface area contributed by atoms with Crippen molar-refractivity contribution in [3.8, 4) is 0 Å². The monoisotopic (exact) mass is 277 g/mol. The minimum atomic E-state index is 0.645. The first-order valence-corrected chi connectivity index (χ1v) is 8.04. The molecule has 1 aromatic carbocycles. The highest BCUT2D eigenvalue weighted by atomic mass is 35.5. The van der Waals surface area contributed by atoms with E-state index >= 15 is 0 Å². The van der Waals surface area contributed by atoms with Crippen LogP contribution in [-0.4, -0.2) is 13.6 Å². The van der Waals surface area contributed by atoms with E-state index in [1.807, 2.05) is 12.1 Å². The molecule has 104 valence electrons. The molecule has 2 fully saturated rings. The van der Waals surface area contributed by atoms with Gasteiger partial charge in [0.05, 0.1) is 0 Å². The van der Waals surface area contributed by atoms with Gasteiger partial charge in [0, 0.05) is 11.6 Å². The third-order valence-corrected chi connectivity index (χ3v) is 5.52. The zero-order chi connectivity index (χ0) is 13.2. The summed E-state index contributed by atoms with van der Waals surface area (Å²) in [6.45, 7) is 1.08. The lowest BCUT2D eigenvalue weighted by atomic mass is 9.80. The van der Waals surface area contributed by atoms with E-state index in [0.29, 0.717) is 5.92 Å². The Balaban J connectivity index is 1.68. The molecule has 1 N–H and O–H groups in total. The molecular weight excluding hydrogens is 254 g/mol. The first kappa shape index (κ1) is 13.5. The predicted molar refractivity (Wildman–Crippen MR) is 81.7 cm³/mol. The van der Waals surface area contributed by atoms with Gasteiger partial charge in [0.25, 0.3) is 0 Å². The average Bonchev–Trinajstić information content (AvgIpc) is 3.01. The molecule has 1 aromatic rings. The van der Waals surface area contributed by atoms with Crippen LogP contribution in [0.1, 0.15) is 43.6 Å². The molecule has 0 amide bonds. The van der Waals surface area contributed by atoms with Gasteiger partial charge >= 0.3 is 0 Å². The summed E-state index contributed by atoms with van der Waals surface area (Å²) >= 11 is 6.00. The third-order valence-electron chi connectivity index (χ3n) is 5.26. The number of hydrogen-bond donors (Lipinski definition) is 1. The molecule has 2 heteroatoms. The predicted octanol–water partition coefficient (Wildman–Crippen LogP) is 4.47. The first-order valence-electron chi connectivity index (χ1n) is 7.66. The van der Waals surface area contributed by atoms with Gasteiger partial charge in [-0.05, 0) is 74.1 Å². The Morgan fingerprint density at radius 2 is 2.00 bits per heavy atom. The van der Waals surface area contributed by atoms with Crippen LogP contribution in [-0.2, 0) is 0 Å². The number of fused-ring (bicyclic) bond motifs is 2. The van der Waals surface area contributed by atoms with E-state index in [2.05, 4.69) is 24.5 Å². The zero-order valence-corrected chi connectivity index (χ0v) is 12.5. The largest absolute Gasteiger partial charge is 0.319 e. The fourth-order valence-electron chi connectivity index (χ4n) is 4.35. The van der Waals surface area contributed by atoms with E-state index < -0.39 is 0 Å². The molecule has 0 saturated heterocycles. The van der Waals surface area contributed by atoms with Gasteiger partial charge in [-0.3, -0.25) is 0 Å². The number of hydrogen-bond acceptors (Lipinski definition) is 1. The fourth-order valence-corrected chi connectivity index (χ4v) is 4.48. The van der Waals surface area contributed by atoms with Gasteiger partial charge in [-0.2, -0.15) is 0 Å².